The third kappa shape index (κ3) is 3.21. The second-order valence-electron chi connectivity index (χ2n) is 6.26. The second kappa shape index (κ2) is 6.40. The number of carbonyl (C=O) groups excluding carboxylic acids is 1. The minimum atomic E-state index is -0.554. The average molecular weight is 315 g/mol. The number of fused-ring (bicyclic) bond motifs is 1. The molecule has 3 rings (SSSR count). The molecule has 0 atom stereocenters. The molecule has 23 heavy (non-hydrogen) atoms. The van der Waals surface area contributed by atoms with Crippen molar-refractivity contribution in [3.8, 4) is 5.88 Å². The first-order valence-electron chi connectivity index (χ1n) is 8.06. The summed E-state index contributed by atoms with van der Waals surface area (Å²) in [5.74, 6) is -0.616. The molecule has 1 amide bonds. The van der Waals surface area contributed by atoms with Crippen LogP contribution in [-0.4, -0.2) is 26.9 Å². The second-order valence-corrected chi connectivity index (χ2v) is 6.26. The van der Waals surface area contributed by atoms with Crippen molar-refractivity contribution in [1.82, 2.24) is 14.7 Å². The molecule has 0 aliphatic heterocycles. The van der Waals surface area contributed by atoms with Gasteiger partial charge in [0.2, 0.25) is 5.88 Å². The molecule has 1 aliphatic rings. The standard InChI is InChI=1S/C17H21N3O3/c1-11-7-8-13-19-16(22)14(17(23)20(13)10-11)15(21)18-9-12-5-3-2-4-6-12/h7-8,10,12,22H,2-6,9H2,1H3,(H,18,21). The summed E-state index contributed by atoms with van der Waals surface area (Å²) in [5.41, 5.74) is 0.365. The van der Waals surface area contributed by atoms with Gasteiger partial charge in [-0.3, -0.25) is 14.0 Å². The number of rotatable bonds is 3. The van der Waals surface area contributed by atoms with Crippen LogP contribution in [0, 0.1) is 12.8 Å². The maximum absolute atomic E-state index is 12.5. The van der Waals surface area contributed by atoms with Crippen LogP contribution in [-0.2, 0) is 0 Å². The fourth-order valence-corrected chi connectivity index (χ4v) is 3.15. The van der Waals surface area contributed by atoms with Crippen LogP contribution >= 0.6 is 0 Å². The SMILES string of the molecule is Cc1ccc2nc(O)c(C(=O)NCC3CCCCC3)c(=O)n2c1. The van der Waals surface area contributed by atoms with Gasteiger partial charge in [-0.05, 0) is 37.3 Å². The normalized spacial score (nSPS) is 15.7. The summed E-state index contributed by atoms with van der Waals surface area (Å²) in [5, 5.41) is 12.8. The van der Waals surface area contributed by atoms with Gasteiger partial charge in [0.1, 0.15) is 5.65 Å². The Morgan fingerprint density at radius 2 is 2.09 bits per heavy atom. The van der Waals surface area contributed by atoms with Gasteiger partial charge in [-0.25, -0.2) is 0 Å². The molecule has 1 saturated carbocycles. The van der Waals surface area contributed by atoms with Gasteiger partial charge >= 0.3 is 0 Å². The van der Waals surface area contributed by atoms with Crippen LogP contribution in [0.15, 0.2) is 23.1 Å². The number of nitrogens with one attached hydrogen (secondary N) is 1. The molecule has 2 heterocycles. The summed E-state index contributed by atoms with van der Waals surface area (Å²) < 4.78 is 1.30. The Morgan fingerprint density at radius 3 is 2.83 bits per heavy atom. The Balaban J connectivity index is 1.86. The molecule has 2 aromatic rings. The number of aromatic nitrogens is 2. The fourth-order valence-electron chi connectivity index (χ4n) is 3.15. The van der Waals surface area contributed by atoms with Crippen LogP contribution in [0.3, 0.4) is 0 Å². The molecule has 1 aliphatic carbocycles. The number of nitrogens with zero attached hydrogens (tertiary/aromatic N) is 2. The molecule has 2 aromatic heterocycles. The van der Waals surface area contributed by atoms with Crippen LogP contribution in [0.5, 0.6) is 5.88 Å². The maximum Gasteiger partial charge on any atom is 0.274 e. The van der Waals surface area contributed by atoms with E-state index in [0.717, 1.165) is 18.4 Å². The quantitative estimate of drug-likeness (QED) is 0.907. The maximum atomic E-state index is 12.5. The van der Waals surface area contributed by atoms with Crippen molar-refractivity contribution in [2.45, 2.75) is 39.0 Å². The predicted molar refractivity (Wildman–Crippen MR) is 86.8 cm³/mol. The Labute approximate surface area is 134 Å². The van der Waals surface area contributed by atoms with Crippen LogP contribution in [0.1, 0.15) is 48.0 Å². The van der Waals surface area contributed by atoms with Crippen LogP contribution in [0.4, 0.5) is 0 Å². The van der Waals surface area contributed by atoms with Crippen molar-refractivity contribution >= 4 is 11.6 Å². The summed E-state index contributed by atoms with van der Waals surface area (Å²) in [6.07, 6.45) is 7.43. The first-order valence-corrected chi connectivity index (χ1v) is 8.06. The fraction of sp³-hybridized carbons (Fsp3) is 0.471. The molecule has 0 radical (unpaired) electrons. The molecular formula is C17H21N3O3. The molecule has 6 heteroatoms. The van der Waals surface area contributed by atoms with Gasteiger partial charge < -0.3 is 10.4 Å². The van der Waals surface area contributed by atoms with E-state index in [1.807, 2.05) is 6.92 Å². The number of amides is 1. The van der Waals surface area contributed by atoms with Crippen molar-refractivity contribution in [2.24, 2.45) is 5.92 Å². The van der Waals surface area contributed by atoms with Gasteiger partial charge in [0.15, 0.2) is 5.56 Å². The Bertz CT molecular complexity index is 792. The Hall–Kier alpha value is -2.37. The predicted octanol–water partition coefficient (Wildman–Crippen LogP) is 2.02. The van der Waals surface area contributed by atoms with Crippen molar-refractivity contribution in [3.05, 3.63) is 39.8 Å². The number of hydrogen-bond donors (Lipinski definition) is 2. The zero-order chi connectivity index (χ0) is 16.4. The molecule has 1 fully saturated rings. The Kier molecular flexibility index (Phi) is 4.32. The Morgan fingerprint density at radius 1 is 1.35 bits per heavy atom. The van der Waals surface area contributed by atoms with E-state index in [-0.39, 0.29) is 5.56 Å². The highest BCUT2D eigenvalue weighted by atomic mass is 16.3. The van der Waals surface area contributed by atoms with E-state index in [0.29, 0.717) is 18.1 Å². The summed E-state index contributed by atoms with van der Waals surface area (Å²) >= 11 is 0. The lowest BCUT2D eigenvalue weighted by Crippen LogP contribution is -2.35. The first kappa shape index (κ1) is 15.5. The van der Waals surface area contributed by atoms with E-state index < -0.39 is 17.3 Å². The minimum absolute atomic E-state index is 0.288. The molecule has 6 nitrogen and oxygen atoms in total. The number of aryl methyl sites for hydroxylation is 1. The van der Waals surface area contributed by atoms with Crippen molar-refractivity contribution < 1.29 is 9.90 Å². The van der Waals surface area contributed by atoms with Crippen molar-refractivity contribution in [3.63, 3.8) is 0 Å². The first-order chi connectivity index (χ1) is 11.1. The number of pyridine rings is 1. The van der Waals surface area contributed by atoms with Crippen LogP contribution in [0.25, 0.3) is 5.65 Å². The molecule has 0 bridgehead atoms. The highest BCUT2D eigenvalue weighted by molar-refractivity contribution is 5.96. The lowest BCUT2D eigenvalue weighted by atomic mass is 9.89. The van der Waals surface area contributed by atoms with Crippen molar-refractivity contribution in [1.29, 1.82) is 0 Å². The van der Waals surface area contributed by atoms with E-state index in [9.17, 15) is 14.7 Å². The zero-order valence-corrected chi connectivity index (χ0v) is 13.2. The number of carbonyl (C=O) groups is 1. The van der Waals surface area contributed by atoms with Crippen LogP contribution in [0.2, 0.25) is 0 Å². The highest BCUT2D eigenvalue weighted by Gasteiger charge is 2.21. The highest BCUT2D eigenvalue weighted by Crippen LogP contribution is 2.23. The van der Waals surface area contributed by atoms with E-state index in [1.54, 1.807) is 18.3 Å². The summed E-state index contributed by atoms with van der Waals surface area (Å²) in [7, 11) is 0. The summed E-state index contributed by atoms with van der Waals surface area (Å²) in [4.78, 5) is 28.8. The number of aromatic hydroxyl groups is 1. The smallest absolute Gasteiger partial charge is 0.274 e. The van der Waals surface area contributed by atoms with Gasteiger partial charge in [-0.1, -0.05) is 25.3 Å². The molecule has 0 unspecified atom stereocenters. The third-order valence-electron chi connectivity index (χ3n) is 4.45. The molecule has 0 aromatic carbocycles. The average Bonchev–Trinajstić information content (AvgIpc) is 2.55. The van der Waals surface area contributed by atoms with Gasteiger partial charge in [0, 0.05) is 12.7 Å². The lowest BCUT2D eigenvalue weighted by molar-refractivity contribution is 0.0938. The van der Waals surface area contributed by atoms with E-state index in [4.69, 9.17) is 0 Å². The van der Waals surface area contributed by atoms with Gasteiger partial charge in [-0.2, -0.15) is 4.98 Å². The van der Waals surface area contributed by atoms with Gasteiger partial charge in [0.05, 0.1) is 0 Å². The lowest BCUT2D eigenvalue weighted by Gasteiger charge is -2.21. The van der Waals surface area contributed by atoms with E-state index in [2.05, 4.69) is 10.3 Å². The molecule has 122 valence electrons. The third-order valence-corrected chi connectivity index (χ3v) is 4.45. The van der Waals surface area contributed by atoms with Gasteiger partial charge in [0.25, 0.3) is 11.5 Å². The largest absolute Gasteiger partial charge is 0.493 e. The van der Waals surface area contributed by atoms with E-state index >= 15 is 0 Å². The monoisotopic (exact) mass is 315 g/mol. The molecular weight excluding hydrogens is 294 g/mol. The molecule has 0 spiro atoms. The van der Waals surface area contributed by atoms with E-state index in [1.165, 1.54) is 23.7 Å². The van der Waals surface area contributed by atoms with Gasteiger partial charge in [-0.15, -0.1) is 0 Å². The van der Waals surface area contributed by atoms with Crippen LogP contribution < -0.4 is 10.9 Å². The summed E-state index contributed by atoms with van der Waals surface area (Å²) in [6.45, 7) is 2.38. The molecule has 2 N–H and O–H groups in total. The zero-order valence-electron chi connectivity index (χ0n) is 13.2. The summed E-state index contributed by atoms with van der Waals surface area (Å²) in [6, 6.07) is 3.43. The minimum Gasteiger partial charge on any atom is -0.493 e. The number of hydrogen-bond acceptors (Lipinski definition) is 4. The van der Waals surface area contributed by atoms with Crippen molar-refractivity contribution in [2.75, 3.05) is 6.54 Å². The topological polar surface area (TPSA) is 83.7 Å². The molecule has 0 saturated heterocycles.